The number of nitrogens with one attached hydrogen (secondary N) is 2. The fourth-order valence-corrected chi connectivity index (χ4v) is 4.62. The zero-order valence-electron chi connectivity index (χ0n) is 24.3. The van der Waals surface area contributed by atoms with E-state index in [0.29, 0.717) is 16.9 Å². The summed E-state index contributed by atoms with van der Waals surface area (Å²) in [6, 6.07) is 17.3. The van der Waals surface area contributed by atoms with E-state index < -0.39 is 29.4 Å². The summed E-state index contributed by atoms with van der Waals surface area (Å²) in [5, 5.41) is 16.4. The molecule has 0 bridgehead atoms. The maximum Gasteiger partial charge on any atom is 1.00 e. The summed E-state index contributed by atoms with van der Waals surface area (Å²) < 4.78 is 0. The van der Waals surface area contributed by atoms with Crippen molar-refractivity contribution >= 4 is 46.7 Å². The number of aryl methyl sites for hydroxylation is 1. The quantitative estimate of drug-likeness (QED) is 0.316. The number of anilines is 3. The first-order valence-corrected chi connectivity index (χ1v) is 13.1. The van der Waals surface area contributed by atoms with Crippen LogP contribution in [0.25, 0.3) is 0 Å². The van der Waals surface area contributed by atoms with Crippen molar-refractivity contribution in [1.29, 1.82) is 0 Å². The molecule has 1 aliphatic heterocycles. The number of para-hydroxylation sites is 2. The molecular weight excluding hydrogens is 547 g/mol. The zero-order valence-corrected chi connectivity index (χ0v) is 26.3. The smallest absolute Gasteiger partial charge is 0.545 e. The minimum Gasteiger partial charge on any atom is -0.545 e. The first-order chi connectivity index (χ1) is 19.4. The minimum absolute atomic E-state index is 0. The van der Waals surface area contributed by atoms with Gasteiger partial charge in [-0.25, -0.2) is 4.79 Å². The van der Waals surface area contributed by atoms with Gasteiger partial charge in [0.05, 0.1) is 30.4 Å². The van der Waals surface area contributed by atoms with E-state index in [9.17, 15) is 29.1 Å². The molecule has 3 aromatic rings. The maximum absolute atomic E-state index is 14.0. The minimum atomic E-state index is -1.41. The van der Waals surface area contributed by atoms with Crippen molar-refractivity contribution in [3.63, 3.8) is 0 Å². The van der Waals surface area contributed by atoms with Crippen LogP contribution in [0, 0.1) is 12.3 Å². The van der Waals surface area contributed by atoms with Gasteiger partial charge in [-0.1, -0.05) is 69.3 Å². The van der Waals surface area contributed by atoms with Crippen LogP contribution in [0.1, 0.15) is 47.1 Å². The molecule has 3 aromatic carbocycles. The molecule has 0 spiro atoms. The number of Topliss-reactive ketones (excluding diaryl/α,β-unsaturated/α-hetero) is 1. The predicted octanol–water partition coefficient (Wildman–Crippen LogP) is 0.161. The van der Waals surface area contributed by atoms with Crippen LogP contribution in [0.2, 0.25) is 0 Å². The largest absolute Gasteiger partial charge is 1.00 e. The second-order valence-electron chi connectivity index (χ2n) is 10.8. The Hall–Kier alpha value is -3.99. The third-order valence-electron chi connectivity index (χ3n) is 6.69. The van der Waals surface area contributed by atoms with Crippen molar-refractivity contribution in [2.75, 3.05) is 28.2 Å². The van der Waals surface area contributed by atoms with E-state index in [1.54, 1.807) is 70.2 Å². The molecule has 4 rings (SSSR count). The van der Waals surface area contributed by atoms with Crippen molar-refractivity contribution in [2.24, 2.45) is 5.41 Å². The molecule has 0 saturated heterocycles. The van der Waals surface area contributed by atoms with E-state index in [2.05, 4.69) is 10.6 Å². The van der Waals surface area contributed by atoms with Gasteiger partial charge in [-0.15, -0.1) is 0 Å². The molecule has 1 atom stereocenters. The predicted molar refractivity (Wildman–Crippen MR) is 153 cm³/mol. The van der Waals surface area contributed by atoms with Crippen molar-refractivity contribution < 1.29 is 58.6 Å². The molecule has 1 heterocycles. The van der Waals surface area contributed by atoms with Gasteiger partial charge in [0.25, 0.3) is 5.91 Å². The Morgan fingerprint density at radius 3 is 2.21 bits per heavy atom. The van der Waals surface area contributed by atoms with Crippen molar-refractivity contribution in [3.8, 4) is 0 Å². The number of carboxylic acid groups (broad SMARTS) is 1. The number of hydrogen-bond donors (Lipinski definition) is 2. The molecule has 42 heavy (non-hydrogen) atoms. The second kappa shape index (κ2) is 13.3. The van der Waals surface area contributed by atoms with Crippen LogP contribution in [-0.2, 0) is 9.59 Å². The van der Waals surface area contributed by atoms with Gasteiger partial charge < -0.3 is 30.3 Å². The van der Waals surface area contributed by atoms with Gasteiger partial charge in [0.1, 0.15) is 6.04 Å². The number of carbonyl (C=O) groups excluding carboxylic acids is 5. The Kier molecular flexibility index (Phi) is 10.3. The van der Waals surface area contributed by atoms with Crippen LogP contribution in [0.5, 0.6) is 0 Å². The molecule has 0 fully saturated rings. The number of ketones is 1. The summed E-state index contributed by atoms with van der Waals surface area (Å²) in [5.74, 6) is -2.57. The van der Waals surface area contributed by atoms with E-state index in [0.717, 1.165) is 5.56 Å². The molecule has 212 valence electrons. The van der Waals surface area contributed by atoms with Crippen LogP contribution >= 0.6 is 0 Å². The fourth-order valence-electron chi connectivity index (χ4n) is 4.62. The van der Waals surface area contributed by atoms with Crippen molar-refractivity contribution in [2.45, 2.75) is 33.7 Å². The summed E-state index contributed by atoms with van der Waals surface area (Å²) in [5.41, 5.74) is 1.23. The number of rotatable bonds is 6. The number of amides is 4. The molecule has 0 saturated carbocycles. The fraction of sp³-hybridized carbons (Fsp3) is 0.258. The first-order valence-electron chi connectivity index (χ1n) is 13.1. The second-order valence-corrected chi connectivity index (χ2v) is 10.8. The number of nitrogens with zero attached hydrogens (tertiary/aromatic N) is 2. The maximum atomic E-state index is 14.0. The van der Waals surface area contributed by atoms with E-state index >= 15 is 0 Å². The van der Waals surface area contributed by atoms with E-state index in [4.69, 9.17) is 0 Å². The van der Waals surface area contributed by atoms with Gasteiger partial charge in [-0.05, 0) is 42.3 Å². The monoisotopic (exact) mass is 578 g/mol. The molecular formula is C31H31N4NaO6. The molecule has 4 amide bonds. The number of urea groups is 1. The summed E-state index contributed by atoms with van der Waals surface area (Å²) in [7, 11) is 0. The van der Waals surface area contributed by atoms with Crippen LogP contribution in [0.4, 0.5) is 21.9 Å². The standard InChI is InChI=1S/C31H32N4O6.Na/c1-19-10-5-6-13-22(19)26(36)18-34-24-14-7-8-15-25(24)35(29(40)31(2,3)4)17-23(27(34)37)33-30(41)32-21-12-9-11-20(16-21)28(38)39;/h5-16,23H,17-18H2,1-4H3,(H,38,39)(H2,32,33,41);/q;+1/p-1. The molecule has 11 heteroatoms. The molecule has 0 aliphatic carbocycles. The van der Waals surface area contributed by atoms with Crippen LogP contribution in [0.15, 0.2) is 72.8 Å². The number of carbonyl (C=O) groups is 5. The summed E-state index contributed by atoms with van der Waals surface area (Å²) >= 11 is 0. The molecule has 1 unspecified atom stereocenters. The summed E-state index contributed by atoms with van der Waals surface area (Å²) in [6.07, 6.45) is 0. The number of benzene rings is 3. The summed E-state index contributed by atoms with van der Waals surface area (Å²) in [4.78, 5) is 68.0. The molecule has 0 radical (unpaired) electrons. The number of fused-ring (bicyclic) bond motifs is 1. The molecule has 1 aliphatic rings. The topological polar surface area (TPSA) is 139 Å². The Morgan fingerprint density at radius 1 is 0.929 bits per heavy atom. The normalized spacial score (nSPS) is 14.7. The Labute approximate surface area is 266 Å². The summed E-state index contributed by atoms with van der Waals surface area (Å²) in [6.45, 7) is 6.56. The number of hydrogen-bond acceptors (Lipinski definition) is 6. The molecule has 10 nitrogen and oxygen atoms in total. The zero-order chi connectivity index (χ0) is 29.9. The average molecular weight is 579 g/mol. The van der Waals surface area contributed by atoms with Crippen LogP contribution < -0.4 is 55.1 Å². The van der Waals surface area contributed by atoms with Crippen LogP contribution in [-0.4, -0.2) is 48.7 Å². The molecule has 2 N–H and O–H groups in total. The Morgan fingerprint density at radius 2 is 1.57 bits per heavy atom. The van der Waals surface area contributed by atoms with Gasteiger partial charge in [0.2, 0.25) is 5.91 Å². The van der Waals surface area contributed by atoms with Crippen LogP contribution in [0.3, 0.4) is 0 Å². The third kappa shape index (κ3) is 7.25. The van der Waals surface area contributed by atoms with Gasteiger partial charge >= 0.3 is 35.6 Å². The van der Waals surface area contributed by atoms with Gasteiger partial charge in [0, 0.05) is 16.7 Å². The van der Waals surface area contributed by atoms with Crippen molar-refractivity contribution in [3.05, 3.63) is 89.5 Å². The number of aromatic carboxylic acids is 1. The third-order valence-corrected chi connectivity index (χ3v) is 6.69. The van der Waals surface area contributed by atoms with Gasteiger partial charge in [-0.2, -0.15) is 0 Å². The van der Waals surface area contributed by atoms with E-state index in [1.165, 1.54) is 34.1 Å². The molecule has 0 aromatic heterocycles. The van der Waals surface area contributed by atoms with E-state index in [1.807, 2.05) is 6.07 Å². The van der Waals surface area contributed by atoms with Crippen molar-refractivity contribution in [1.82, 2.24) is 5.32 Å². The SMILES string of the molecule is Cc1ccccc1C(=O)CN1C(=O)C(NC(=O)Nc2cccc(C(=O)[O-])c2)CN(C(=O)C(C)(C)C)c2ccccc21.[Na+]. The van der Waals surface area contributed by atoms with Gasteiger partial charge in [-0.3, -0.25) is 14.4 Å². The Bertz CT molecular complexity index is 1530. The number of carboxylic acids is 1. The van der Waals surface area contributed by atoms with Gasteiger partial charge in [0.15, 0.2) is 5.78 Å². The average Bonchev–Trinajstić information content (AvgIpc) is 3.03. The Balaban J connectivity index is 0.00000484. The van der Waals surface area contributed by atoms with E-state index in [-0.39, 0.29) is 65.6 Å². The first kappa shape index (κ1) is 32.5.